The van der Waals surface area contributed by atoms with Crippen molar-refractivity contribution in [3.63, 3.8) is 0 Å². The molecule has 2 atom stereocenters. The van der Waals surface area contributed by atoms with Gasteiger partial charge in [0.1, 0.15) is 12.6 Å². The number of alkyl carbamates (subject to hydrolysis) is 1. The topological polar surface area (TPSA) is 157 Å². The van der Waals surface area contributed by atoms with E-state index in [0.717, 1.165) is 11.1 Å². The molecule has 0 bridgehead atoms. The lowest BCUT2D eigenvalue weighted by atomic mass is 9.98. The summed E-state index contributed by atoms with van der Waals surface area (Å²) in [5, 5.41) is 7.49. The molecule has 0 fully saturated rings. The summed E-state index contributed by atoms with van der Waals surface area (Å²) in [6.45, 7) is 3.48. The van der Waals surface area contributed by atoms with Crippen molar-refractivity contribution in [3.05, 3.63) is 71.8 Å². The van der Waals surface area contributed by atoms with Crippen molar-refractivity contribution in [2.45, 2.75) is 51.9 Å². The predicted molar refractivity (Wildman–Crippen MR) is 132 cm³/mol. The third-order valence-corrected chi connectivity index (χ3v) is 5.27. The van der Waals surface area contributed by atoms with Gasteiger partial charge in [-0.3, -0.25) is 19.2 Å². The van der Waals surface area contributed by atoms with Crippen molar-refractivity contribution in [2.24, 2.45) is 11.7 Å². The van der Waals surface area contributed by atoms with Gasteiger partial charge in [-0.25, -0.2) is 4.79 Å². The molecule has 0 spiro atoms. The average Bonchev–Trinajstić information content (AvgIpc) is 2.87. The molecule has 36 heavy (non-hydrogen) atoms. The Balaban J connectivity index is 2.01. The first-order valence-electron chi connectivity index (χ1n) is 11.6. The number of primary amides is 1. The zero-order valence-corrected chi connectivity index (χ0v) is 20.4. The van der Waals surface area contributed by atoms with E-state index in [4.69, 9.17) is 10.5 Å². The molecule has 5 N–H and O–H groups in total. The highest BCUT2D eigenvalue weighted by Gasteiger charge is 2.32. The average molecular weight is 497 g/mol. The molecule has 0 aliphatic rings. The fourth-order valence-electron chi connectivity index (χ4n) is 3.26. The molecule has 0 radical (unpaired) electrons. The summed E-state index contributed by atoms with van der Waals surface area (Å²) in [5.74, 6) is -3.50. The molecule has 0 unspecified atom stereocenters. The summed E-state index contributed by atoms with van der Waals surface area (Å²) >= 11 is 0. The summed E-state index contributed by atoms with van der Waals surface area (Å²) in [5.41, 5.74) is 6.76. The molecule has 10 nitrogen and oxygen atoms in total. The zero-order valence-electron chi connectivity index (χ0n) is 20.4. The van der Waals surface area contributed by atoms with E-state index in [0.29, 0.717) is 0 Å². The lowest BCUT2D eigenvalue weighted by Crippen LogP contribution is -2.55. The number of benzene rings is 2. The third-order valence-electron chi connectivity index (χ3n) is 5.27. The van der Waals surface area contributed by atoms with E-state index in [-0.39, 0.29) is 26.0 Å². The van der Waals surface area contributed by atoms with Crippen LogP contribution in [0, 0.1) is 5.92 Å². The standard InChI is InChI=1S/C26H32N4O6/c1-17(2)22(23(32)25(34)28-15-18-9-5-3-6-10-18)30-24(33)20(13-14-21(27)31)29-26(35)36-16-19-11-7-4-8-12-19/h3-12,17,20,22H,13-16H2,1-2H3,(H2,27,31)(H,28,34)(H,29,35)(H,30,33)/t20-,22-/m0/s1. The number of ketones is 1. The lowest BCUT2D eigenvalue weighted by Gasteiger charge is -2.24. The molecule has 10 heteroatoms. The largest absolute Gasteiger partial charge is 0.445 e. The Morgan fingerprint density at radius 1 is 0.861 bits per heavy atom. The second kappa shape index (κ2) is 14.2. The minimum Gasteiger partial charge on any atom is -0.445 e. The molecular formula is C26H32N4O6. The first-order valence-corrected chi connectivity index (χ1v) is 11.6. The van der Waals surface area contributed by atoms with Crippen LogP contribution >= 0.6 is 0 Å². The minimum absolute atomic E-state index is 0.0223. The lowest BCUT2D eigenvalue weighted by molar-refractivity contribution is -0.141. The maximum Gasteiger partial charge on any atom is 0.408 e. The van der Waals surface area contributed by atoms with Crippen LogP contribution < -0.4 is 21.7 Å². The van der Waals surface area contributed by atoms with E-state index in [9.17, 15) is 24.0 Å². The van der Waals surface area contributed by atoms with Gasteiger partial charge < -0.3 is 26.4 Å². The van der Waals surface area contributed by atoms with Crippen molar-refractivity contribution in [3.8, 4) is 0 Å². The van der Waals surface area contributed by atoms with Crippen molar-refractivity contribution in [1.29, 1.82) is 0 Å². The zero-order chi connectivity index (χ0) is 26.5. The van der Waals surface area contributed by atoms with Crippen LogP contribution in [0.25, 0.3) is 0 Å². The molecule has 4 amide bonds. The van der Waals surface area contributed by atoms with Crippen LogP contribution in [-0.2, 0) is 37.1 Å². The van der Waals surface area contributed by atoms with E-state index in [1.807, 2.05) is 24.3 Å². The number of carbonyl (C=O) groups excluding carboxylic acids is 5. The number of ether oxygens (including phenoxy) is 1. The highest BCUT2D eigenvalue weighted by atomic mass is 16.5. The van der Waals surface area contributed by atoms with Crippen LogP contribution in [0.3, 0.4) is 0 Å². The number of nitrogens with one attached hydrogen (secondary N) is 3. The molecule has 0 aliphatic carbocycles. The second-order valence-corrected chi connectivity index (χ2v) is 8.53. The molecule has 0 heterocycles. The fourth-order valence-corrected chi connectivity index (χ4v) is 3.26. The summed E-state index contributed by atoms with van der Waals surface area (Å²) < 4.78 is 5.15. The number of nitrogens with two attached hydrogens (primary N) is 1. The third kappa shape index (κ3) is 9.57. The summed E-state index contributed by atoms with van der Waals surface area (Å²) in [6, 6.07) is 15.7. The van der Waals surface area contributed by atoms with E-state index in [1.165, 1.54) is 0 Å². The van der Waals surface area contributed by atoms with Gasteiger partial charge in [-0.05, 0) is 23.5 Å². The molecule has 2 aromatic carbocycles. The van der Waals surface area contributed by atoms with E-state index in [1.54, 1.807) is 50.2 Å². The van der Waals surface area contributed by atoms with Crippen LogP contribution in [0.5, 0.6) is 0 Å². The van der Waals surface area contributed by atoms with Crippen molar-refractivity contribution < 1.29 is 28.7 Å². The molecule has 192 valence electrons. The molecular weight excluding hydrogens is 464 g/mol. The Kier molecular flexibility index (Phi) is 11.1. The Hall–Kier alpha value is -4.21. The smallest absolute Gasteiger partial charge is 0.408 e. The van der Waals surface area contributed by atoms with Gasteiger partial charge in [0.25, 0.3) is 5.91 Å². The summed E-state index contributed by atoms with van der Waals surface area (Å²) in [6.07, 6.45) is -1.17. The highest BCUT2D eigenvalue weighted by molar-refractivity contribution is 6.38. The van der Waals surface area contributed by atoms with Gasteiger partial charge in [-0.2, -0.15) is 0 Å². The predicted octanol–water partition coefficient (Wildman–Crippen LogP) is 1.57. The summed E-state index contributed by atoms with van der Waals surface area (Å²) in [7, 11) is 0. The monoisotopic (exact) mass is 496 g/mol. The Bertz CT molecular complexity index is 1040. The van der Waals surface area contributed by atoms with Gasteiger partial charge in [-0.15, -0.1) is 0 Å². The number of carbonyl (C=O) groups is 5. The number of amides is 4. The van der Waals surface area contributed by atoms with Crippen molar-refractivity contribution in [2.75, 3.05) is 0 Å². The molecule has 2 aromatic rings. The van der Waals surface area contributed by atoms with Crippen LogP contribution in [0.1, 0.15) is 37.8 Å². The maximum atomic E-state index is 13.0. The molecule has 0 saturated carbocycles. The van der Waals surface area contributed by atoms with Crippen molar-refractivity contribution >= 4 is 29.6 Å². The molecule has 0 aliphatic heterocycles. The Morgan fingerprint density at radius 3 is 2.00 bits per heavy atom. The van der Waals surface area contributed by atoms with Gasteiger partial charge in [0.15, 0.2) is 0 Å². The SMILES string of the molecule is CC(C)[C@H](NC(=O)[C@H](CCC(N)=O)NC(=O)OCc1ccccc1)C(=O)C(=O)NCc1ccccc1. The summed E-state index contributed by atoms with van der Waals surface area (Å²) in [4.78, 5) is 61.8. The van der Waals surface area contributed by atoms with Gasteiger partial charge in [0.2, 0.25) is 17.6 Å². The first-order chi connectivity index (χ1) is 17.2. The van der Waals surface area contributed by atoms with E-state index < -0.39 is 47.6 Å². The normalized spacial score (nSPS) is 12.2. The molecule has 2 rings (SSSR count). The van der Waals surface area contributed by atoms with Gasteiger partial charge in [0.05, 0.1) is 6.04 Å². The number of rotatable bonds is 13. The Labute approximate surface area is 210 Å². The van der Waals surface area contributed by atoms with Gasteiger partial charge >= 0.3 is 6.09 Å². The van der Waals surface area contributed by atoms with Crippen LogP contribution in [-0.4, -0.2) is 41.7 Å². The maximum absolute atomic E-state index is 13.0. The number of hydrogen-bond acceptors (Lipinski definition) is 6. The second-order valence-electron chi connectivity index (χ2n) is 8.53. The first kappa shape index (κ1) is 28.0. The van der Waals surface area contributed by atoms with Crippen LogP contribution in [0.2, 0.25) is 0 Å². The van der Waals surface area contributed by atoms with Crippen LogP contribution in [0.15, 0.2) is 60.7 Å². The molecule has 0 aromatic heterocycles. The van der Waals surface area contributed by atoms with E-state index >= 15 is 0 Å². The highest BCUT2D eigenvalue weighted by Crippen LogP contribution is 2.08. The molecule has 0 saturated heterocycles. The van der Waals surface area contributed by atoms with Gasteiger partial charge in [-0.1, -0.05) is 74.5 Å². The van der Waals surface area contributed by atoms with E-state index in [2.05, 4.69) is 16.0 Å². The van der Waals surface area contributed by atoms with Crippen molar-refractivity contribution in [1.82, 2.24) is 16.0 Å². The van der Waals surface area contributed by atoms with Gasteiger partial charge in [0, 0.05) is 13.0 Å². The van der Waals surface area contributed by atoms with Crippen LogP contribution in [0.4, 0.5) is 4.79 Å². The number of Topliss-reactive ketones (excluding diaryl/α,β-unsaturated/α-hetero) is 1. The quantitative estimate of drug-likeness (QED) is 0.308. The fraction of sp³-hybridized carbons (Fsp3) is 0.346. The Morgan fingerprint density at radius 2 is 1.44 bits per heavy atom. The number of hydrogen-bond donors (Lipinski definition) is 4. The minimum atomic E-state index is -1.21.